The Morgan fingerprint density at radius 2 is 2.50 bits per heavy atom. The van der Waals surface area contributed by atoms with Crippen molar-refractivity contribution in [3.05, 3.63) is 24.9 Å². The summed E-state index contributed by atoms with van der Waals surface area (Å²) in [4.78, 5) is 11.1. The smallest absolute Gasteiger partial charge is 0.239 e. The second-order valence-corrected chi connectivity index (χ2v) is 2.45. The zero-order valence-corrected chi connectivity index (χ0v) is 7.60. The lowest BCUT2D eigenvalue weighted by Gasteiger charge is -2.03. The lowest BCUT2D eigenvalue weighted by Crippen LogP contribution is -2.30. The highest BCUT2D eigenvalue weighted by Gasteiger charge is 1.99. The van der Waals surface area contributed by atoms with Crippen molar-refractivity contribution in [2.75, 3.05) is 18.4 Å². The first-order chi connectivity index (χ1) is 6.83. The number of hydrogen-bond acceptors (Lipinski definition) is 5. The Labute approximate surface area is 81.4 Å². The van der Waals surface area contributed by atoms with Gasteiger partial charge < -0.3 is 10.6 Å². The van der Waals surface area contributed by atoms with E-state index in [1.54, 1.807) is 12.1 Å². The van der Waals surface area contributed by atoms with E-state index in [2.05, 4.69) is 32.6 Å². The topological polar surface area (TPSA) is 79.8 Å². The number of nitrogens with zero attached hydrogens (tertiary/aromatic N) is 3. The monoisotopic (exact) mass is 193 g/mol. The molecular formula is C8H11N5O. The Kier molecular flexibility index (Phi) is 4.06. The number of anilines is 1. The average Bonchev–Trinajstić information content (AvgIpc) is 2.25. The highest BCUT2D eigenvalue weighted by Crippen LogP contribution is 1.94. The standard InChI is InChI=1S/C8H11N5O/c1-2-4-9-8(14)6-10-7-3-5-11-13-12-7/h2-3,5H,1,4,6H2,(H,9,14)(H,10,11,12). The summed E-state index contributed by atoms with van der Waals surface area (Å²) in [5.74, 6) is 0.400. The van der Waals surface area contributed by atoms with Gasteiger partial charge in [-0.2, -0.15) is 0 Å². The molecule has 0 aromatic carbocycles. The van der Waals surface area contributed by atoms with Crippen molar-refractivity contribution in [3.8, 4) is 0 Å². The van der Waals surface area contributed by atoms with Crippen LogP contribution in [-0.4, -0.2) is 34.4 Å². The van der Waals surface area contributed by atoms with Crippen LogP contribution in [0.25, 0.3) is 0 Å². The summed E-state index contributed by atoms with van der Waals surface area (Å²) >= 11 is 0. The van der Waals surface area contributed by atoms with Crippen LogP contribution < -0.4 is 10.6 Å². The van der Waals surface area contributed by atoms with Gasteiger partial charge in [-0.05, 0) is 5.21 Å². The molecule has 0 atom stereocenters. The van der Waals surface area contributed by atoms with Crippen LogP contribution in [0.5, 0.6) is 0 Å². The minimum Gasteiger partial charge on any atom is -0.359 e. The van der Waals surface area contributed by atoms with Gasteiger partial charge in [0.15, 0.2) is 5.82 Å². The van der Waals surface area contributed by atoms with E-state index in [4.69, 9.17) is 0 Å². The van der Waals surface area contributed by atoms with E-state index in [0.29, 0.717) is 12.4 Å². The largest absolute Gasteiger partial charge is 0.359 e. The van der Waals surface area contributed by atoms with Crippen molar-refractivity contribution in [3.63, 3.8) is 0 Å². The van der Waals surface area contributed by atoms with Gasteiger partial charge in [-0.1, -0.05) is 6.08 Å². The van der Waals surface area contributed by atoms with Crippen LogP contribution in [0.4, 0.5) is 5.82 Å². The lowest BCUT2D eigenvalue weighted by molar-refractivity contribution is -0.119. The predicted octanol–water partition coefficient (Wildman–Crippen LogP) is -0.414. The Hall–Kier alpha value is -1.98. The average molecular weight is 193 g/mol. The minimum absolute atomic E-state index is 0.122. The van der Waals surface area contributed by atoms with Gasteiger partial charge in [0.1, 0.15) is 0 Å². The number of nitrogens with one attached hydrogen (secondary N) is 2. The first-order valence-corrected chi connectivity index (χ1v) is 4.09. The third-order valence-electron chi connectivity index (χ3n) is 1.38. The maximum Gasteiger partial charge on any atom is 0.239 e. The molecule has 74 valence electrons. The van der Waals surface area contributed by atoms with Crippen LogP contribution in [0.15, 0.2) is 24.9 Å². The molecule has 0 fully saturated rings. The fraction of sp³-hybridized carbons (Fsp3) is 0.250. The molecule has 0 aliphatic carbocycles. The Morgan fingerprint density at radius 1 is 1.64 bits per heavy atom. The summed E-state index contributed by atoms with van der Waals surface area (Å²) < 4.78 is 0. The Balaban J connectivity index is 2.27. The molecule has 0 saturated carbocycles. The summed E-state index contributed by atoms with van der Waals surface area (Å²) in [6.07, 6.45) is 3.11. The number of hydrogen-bond donors (Lipinski definition) is 2. The zero-order valence-electron chi connectivity index (χ0n) is 7.60. The molecular weight excluding hydrogens is 182 g/mol. The molecule has 0 aliphatic rings. The molecule has 0 aliphatic heterocycles. The molecule has 2 N–H and O–H groups in total. The van der Waals surface area contributed by atoms with E-state index in [0.717, 1.165) is 0 Å². The molecule has 0 bridgehead atoms. The molecule has 1 aromatic heterocycles. The third kappa shape index (κ3) is 3.61. The summed E-state index contributed by atoms with van der Waals surface area (Å²) in [7, 11) is 0. The molecule has 1 heterocycles. The van der Waals surface area contributed by atoms with Crippen molar-refractivity contribution in [1.29, 1.82) is 0 Å². The van der Waals surface area contributed by atoms with Crippen molar-refractivity contribution in [1.82, 2.24) is 20.7 Å². The van der Waals surface area contributed by atoms with Crippen LogP contribution in [-0.2, 0) is 4.79 Å². The van der Waals surface area contributed by atoms with Crippen LogP contribution in [0.1, 0.15) is 0 Å². The molecule has 14 heavy (non-hydrogen) atoms. The molecule has 1 rings (SSSR count). The lowest BCUT2D eigenvalue weighted by atomic mass is 10.5. The second kappa shape index (κ2) is 5.63. The van der Waals surface area contributed by atoms with Gasteiger partial charge >= 0.3 is 0 Å². The van der Waals surface area contributed by atoms with E-state index in [1.807, 2.05) is 0 Å². The van der Waals surface area contributed by atoms with Crippen LogP contribution in [0, 0.1) is 0 Å². The van der Waals surface area contributed by atoms with E-state index in [1.165, 1.54) is 6.20 Å². The van der Waals surface area contributed by atoms with Crippen molar-refractivity contribution in [2.24, 2.45) is 0 Å². The highest BCUT2D eigenvalue weighted by molar-refractivity contribution is 5.80. The van der Waals surface area contributed by atoms with E-state index in [-0.39, 0.29) is 12.5 Å². The fourth-order valence-electron chi connectivity index (χ4n) is 0.755. The van der Waals surface area contributed by atoms with Crippen molar-refractivity contribution < 1.29 is 4.79 Å². The number of rotatable bonds is 5. The van der Waals surface area contributed by atoms with Gasteiger partial charge in [0, 0.05) is 12.6 Å². The minimum atomic E-state index is -0.122. The number of carbonyl (C=O) groups is 1. The highest BCUT2D eigenvalue weighted by atomic mass is 16.1. The molecule has 1 aromatic rings. The summed E-state index contributed by atoms with van der Waals surface area (Å²) in [5, 5.41) is 16.0. The quantitative estimate of drug-likeness (QED) is 0.621. The molecule has 0 unspecified atom stereocenters. The fourth-order valence-corrected chi connectivity index (χ4v) is 0.755. The first-order valence-electron chi connectivity index (χ1n) is 4.09. The molecule has 6 heteroatoms. The van der Waals surface area contributed by atoms with E-state index < -0.39 is 0 Å². The summed E-state index contributed by atoms with van der Waals surface area (Å²) in [6, 6.07) is 1.63. The third-order valence-corrected chi connectivity index (χ3v) is 1.38. The van der Waals surface area contributed by atoms with Gasteiger partial charge in [0.05, 0.1) is 12.7 Å². The van der Waals surface area contributed by atoms with Gasteiger partial charge in [0.2, 0.25) is 5.91 Å². The summed E-state index contributed by atoms with van der Waals surface area (Å²) in [6.45, 7) is 4.11. The predicted molar refractivity (Wildman–Crippen MR) is 51.5 cm³/mol. The Bertz CT molecular complexity index is 300. The van der Waals surface area contributed by atoms with Crippen LogP contribution in [0.3, 0.4) is 0 Å². The van der Waals surface area contributed by atoms with Crippen molar-refractivity contribution in [2.45, 2.75) is 0 Å². The maximum absolute atomic E-state index is 11.1. The second-order valence-electron chi connectivity index (χ2n) is 2.45. The van der Waals surface area contributed by atoms with Crippen LogP contribution in [0.2, 0.25) is 0 Å². The molecule has 0 spiro atoms. The Morgan fingerprint density at radius 3 is 3.14 bits per heavy atom. The summed E-state index contributed by atoms with van der Waals surface area (Å²) in [5.41, 5.74) is 0. The maximum atomic E-state index is 11.1. The van der Waals surface area contributed by atoms with Gasteiger partial charge in [-0.3, -0.25) is 4.79 Å². The van der Waals surface area contributed by atoms with Gasteiger partial charge in [0.25, 0.3) is 0 Å². The molecule has 1 amide bonds. The van der Waals surface area contributed by atoms with Crippen molar-refractivity contribution >= 4 is 11.7 Å². The van der Waals surface area contributed by atoms with Gasteiger partial charge in [-0.15, -0.1) is 16.8 Å². The normalized spacial score (nSPS) is 9.14. The molecule has 0 saturated heterocycles. The number of carbonyl (C=O) groups excluding carboxylic acids is 1. The zero-order chi connectivity index (χ0) is 10.2. The molecule has 6 nitrogen and oxygen atoms in total. The number of amides is 1. The van der Waals surface area contributed by atoms with E-state index in [9.17, 15) is 4.79 Å². The van der Waals surface area contributed by atoms with Crippen LogP contribution >= 0.6 is 0 Å². The SMILES string of the molecule is C=CCNC(=O)CNc1ccnnn1. The first kappa shape index (κ1) is 10.1. The number of aromatic nitrogens is 3. The van der Waals surface area contributed by atoms with E-state index >= 15 is 0 Å². The van der Waals surface area contributed by atoms with Gasteiger partial charge in [-0.25, -0.2) is 0 Å². The molecule has 0 radical (unpaired) electrons.